The van der Waals surface area contributed by atoms with E-state index in [-0.39, 0.29) is 58.8 Å². The van der Waals surface area contributed by atoms with E-state index < -0.39 is 29.1 Å². The smallest absolute Gasteiger partial charge is 0.331 e. The van der Waals surface area contributed by atoms with Crippen LogP contribution in [0.15, 0.2) is 58.1 Å². The van der Waals surface area contributed by atoms with Gasteiger partial charge in [0.25, 0.3) is 5.56 Å². The Kier molecular flexibility index (Phi) is 11.2. The summed E-state index contributed by atoms with van der Waals surface area (Å²) in [6.45, 7) is 5.90. The van der Waals surface area contributed by atoms with Gasteiger partial charge < -0.3 is 20.6 Å². The average molecular weight is 612 g/mol. The van der Waals surface area contributed by atoms with Crippen molar-refractivity contribution in [1.29, 1.82) is 0 Å². The van der Waals surface area contributed by atoms with E-state index in [4.69, 9.17) is 5.11 Å². The van der Waals surface area contributed by atoms with E-state index in [1.54, 1.807) is 26.0 Å². The molecule has 0 spiro atoms. The summed E-state index contributed by atoms with van der Waals surface area (Å²) < 4.78 is 17.5. The first kappa shape index (κ1) is 30.9. The van der Waals surface area contributed by atoms with Gasteiger partial charge in [-0.1, -0.05) is 42.5 Å². The quantitative estimate of drug-likeness (QED) is 0.365. The zero-order valence-corrected chi connectivity index (χ0v) is 25.1. The number of carboxylic acids is 1. The van der Waals surface area contributed by atoms with Crippen LogP contribution in [0.4, 0.5) is 10.1 Å². The van der Waals surface area contributed by atoms with E-state index in [0.29, 0.717) is 48.7 Å². The number of nitrogens with one attached hydrogen (secondary N) is 1. The fourth-order valence-electron chi connectivity index (χ4n) is 4.86. The van der Waals surface area contributed by atoms with Gasteiger partial charge >= 0.3 is 11.7 Å². The second-order valence-electron chi connectivity index (χ2n) is 9.47. The first-order valence-electron chi connectivity index (χ1n) is 12.7. The number of hydrogen-bond acceptors (Lipinski definition) is 5. The summed E-state index contributed by atoms with van der Waals surface area (Å²) in [6, 6.07) is 13.6. The molecule has 1 radical (unpaired) electrons. The van der Waals surface area contributed by atoms with Crippen LogP contribution in [-0.2, 0) is 50.6 Å². The minimum absolute atomic E-state index is 0. The van der Waals surface area contributed by atoms with Crippen LogP contribution in [-0.4, -0.2) is 52.9 Å². The molecule has 1 aromatic heterocycles. The second kappa shape index (κ2) is 14.1. The van der Waals surface area contributed by atoms with Crippen LogP contribution in [0, 0.1) is 19.7 Å². The predicted molar refractivity (Wildman–Crippen MR) is 145 cm³/mol. The van der Waals surface area contributed by atoms with Crippen LogP contribution < -0.4 is 21.5 Å². The first-order chi connectivity index (χ1) is 18.3. The Morgan fingerprint density at radius 1 is 1.05 bits per heavy atom. The van der Waals surface area contributed by atoms with E-state index in [0.717, 1.165) is 5.56 Å². The molecule has 3 aromatic rings. The zero-order chi connectivity index (χ0) is 27.2. The van der Waals surface area contributed by atoms with Crippen molar-refractivity contribution in [3.8, 4) is 0 Å². The molecule has 2 N–H and O–H groups in total. The fourth-order valence-corrected chi connectivity index (χ4v) is 4.86. The van der Waals surface area contributed by atoms with Crippen molar-refractivity contribution in [1.82, 2.24) is 14.5 Å². The van der Waals surface area contributed by atoms with Crippen LogP contribution in [0.1, 0.15) is 34.8 Å². The number of nitrogens with zero attached hydrogens (tertiary/aromatic N) is 4. The maximum Gasteiger partial charge on any atom is 0.331 e. The van der Waals surface area contributed by atoms with Gasteiger partial charge in [-0.15, -0.1) is 13.1 Å². The number of anilines is 1. The molecule has 9 nitrogen and oxygen atoms in total. The zero-order valence-electron chi connectivity index (χ0n) is 22.3. The van der Waals surface area contributed by atoms with Gasteiger partial charge in [0.2, 0.25) is 0 Å². The number of hydrogen-bond donors (Lipinski definition) is 2. The standard InChI is InChI=1S/C28H33FN5O4.Y/c1-19-7-6-10-23(29)22(19)17-33-20(2)26(32-15-13-30-14-16-32)27(37)34(28(33)38)18-24(31-12-11-25(35)36)21-8-4-3-5-9-21;/h3-10,24,31H,11-18H2,1-2H3,(H,35,36);/q-1;/t24-;/m0./s1. The molecule has 0 unspecified atom stereocenters. The maximum absolute atomic E-state index is 14.8. The van der Waals surface area contributed by atoms with E-state index >= 15 is 0 Å². The van der Waals surface area contributed by atoms with Crippen molar-refractivity contribution >= 4 is 11.7 Å². The normalized spacial score (nSPS) is 14.1. The Balaban J connectivity index is 0.00000420. The summed E-state index contributed by atoms with van der Waals surface area (Å²) in [5, 5.41) is 16.7. The Morgan fingerprint density at radius 2 is 1.74 bits per heavy atom. The molecular weight excluding hydrogens is 578 g/mol. The van der Waals surface area contributed by atoms with Crippen molar-refractivity contribution in [3.05, 3.63) is 103 Å². The number of piperazine rings is 1. The van der Waals surface area contributed by atoms with Crippen molar-refractivity contribution in [2.45, 2.75) is 39.4 Å². The molecule has 1 aliphatic heterocycles. The Labute approximate surface area is 251 Å². The number of benzene rings is 2. The van der Waals surface area contributed by atoms with E-state index in [1.165, 1.54) is 15.2 Å². The molecule has 0 saturated carbocycles. The van der Waals surface area contributed by atoms with Crippen molar-refractivity contribution in [2.24, 2.45) is 0 Å². The summed E-state index contributed by atoms with van der Waals surface area (Å²) in [5.41, 5.74) is 1.85. The SMILES string of the molecule is Cc1cccc(F)c1Cn1c(C)c(N2CC[N-]CC2)c(=O)n(C[C@H](NCCC(=O)O)c2ccccc2)c1=O.[Y]. The molecule has 4 rings (SSSR count). The molecule has 11 heteroatoms. The third kappa shape index (κ3) is 7.30. The maximum atomic E-state index is 14.8. The minimum atomic E-state index is -0.947. The minimum Gasteiger partial charge on any atom is -0.659 e. The Morgan fingerprint density at radius 3 is 2.38 bits per heavy atom. The molecule has 0 bridgehead atoms. The van der Waals surface area contributed by atoms with E-state index in [1.807, 2.05) is 35.2 Å². The van der Waals surface area contributed by atoms with Gasteiger partial charge in [0, 0.05) is 50.5 Å². The van der Waals surface area contributed by atoms with Crippen LogP contribution in [0.5, 0.6) is 0 Å². The van der Waals surface area contributed by atoms with Gasteiger partial charge in [-0.3, -0.25) is 18.7 Å². The van der Waals surface area contributed by atoms with E-state index in [2.05, 4.69) is 10.6 Å². The first-order valence-corrected chi connectivity index (χ1v) is 12.7. The van der Waals surface area contributed by atoms with Gasteiger partial charge in [-0.2, -0.15) is 0 Å². The van der Waals surface area contributed by atoms with Crippen LogP contribution in [0.2, 0.25) is 0 Å². The molecule has 2 heterocycles. The number of aliphatic carboxylic acids is 1. The largest absolute Gasteiger partial charge is 0.659 e. The number of aromatic nitrogens is 2. The number of carbonyl (C=O) groups is 1. The molecule has 2 aromatic carbocycles. The number of carboxylic acid groups (broad SMARTS) is 1. The monoisotopic (exact) mass is 611 g/mol. The van der Waals surface area contributed by atoms with Crippen LogP contribution in [0.3, 0.4) is 0 Å². The van der Waals surface area contributed by atoms with Crippen molar-refractivity contribution < 1.29 is 47.0 Å². The molecule has 39 heavy (non-hydrogen) atoms. The summed E-state index contributed by atoms with van der Waals surface area (Å²) in [7, 11) is 0. The van der Waals surface area contributed by atoms with Crippen molar-refractivity contribution in [3.63, 3.8) is 0 Å². The van der Waals surface area contributed by atoms with Crippen LogP contribution >= 0.6 is 0 Å². The molecule has 1 aliphatic rings. The average Bonchev–Trinajstić information content (AvgIpc) is 2.90. The predicted octanol–water partition coefficient (Wildman–Crippen LogP) is 2.81. The fraction of sp³-hybridized carbons (Fsp3) is 0.393. The van der Waals surface area contributed by atoms with E-state index in [9.17, 15) is 18.8 Å². The number of halogens is 1. The third-order valence-corrected chi connectivity index (χ3v) is 7.00. The Bertz CT molecular complexity index is 1380. The van der Waals surface area contributed by atoms with Crippen LogP contribution in [0.25, 0.3) is 5.32 Å². The molecule has 1 saturated heterocycles. The van der Waals surface area contributed by atoms with Gasteiger partial charge in [0.05, 0.1) is 25.6 Å². The number of rotatable bonds is 10. The Hall–Kier alpha value is -2.66. The summed E-state index contributed by atoms with van der Waals surface area (Å²) in [6.07, 6.45) is -0.106. The van der Waals surface area contributed by atoms with Gasteiger partial charge in [0.15, 0.2) is 0 Å². The summed E-state index contributed by atoms with van der Waals surface area (Å²) >= 11 is 0. The van der Waals surface area contributed by atoms with Gasteiger partial charge in [-0.25, -0.2) is 9.18 Å². The molecular formula is C28H33FN5O4Y-. The molecule has 0 amide bonds. The summed E-state index contributed by atoms with van der Waals surface area (Å²) in [4.78, 5) is 40.8. The number of aryl methyl sites for hydroxylation is 1. The topological polar surface area (TPSA) is 111 Å². The third-order valence-electron chi connectivity index (χ3n) is 7.00. The molecule has 205 valence electrons. The molecule has 1 atom stereocenters. The second-order valence-corrected chi connectivity index (χ2v) is 9.47. The van der Waals surface area contributed by atoms with Gasteiger partial charge in [0.1, 0.15) is 11.5 Å². The molecule has 0 aliphatic carbocycles. The van der Waals surface area contributed by atoms with Gasteiger partial charge in [-0.05, 0) is 44.1 Å². The van der Waals surface area contributed by atoms with Crippen molar-refractivity contribution in [2.75, 3.05) is 37.6 Å². The molecule has 1 fully saturated rings. The summed E-state index contributed by atoms with van der Waals surface area (Å²) in [5.74, 6) is -1.36.